The number of aromatic nitrogens is 1. The second-order valence-corrected chi connectivity index (χ2v) is 9.39. The van der Waals surface area contributed by atoms with E-state index in [0.717, 1.165) is 43.5 Å². The molecule has 0 aliphatic carbocycles. The highest BCUT2D eigenvalue weighted by molar-refractivity contribution is 5.88. The Kier molecular flexibility index (Phi) is 5.67. The number of aryl methyl sites for hydroxylation is 1. The number of hydrogen-bond acceptors (Lipinski definition) is 4. The number of benzene rings is 2. The van der Waals surface area contributed by atoms with Crippen molar-refractivity contribution in [2.24, 2.45) is 0 Å². The van der Waals surface area contributed by atoms with Gasteiger partial charge in [0.05, 0.1) is 18.8 Å². The summed E-state index contributed by atoms with van der Waals surface area (Å²) in [6.07, 6.45) is 6.29. The van der Waals surface area contributed by atoms with E-state index < -0.39 is 5.97 Å². The number of rotatable bonds is 7. The Balaban J connectivity index is 1.59. The number of piperidine rings is 1. The van der Waals surface area contributed by atoms with Crippen LogP contribution in [0.2, 0.25) is 0 Å². The zero-order chi connectivity index (χ0) is 23.2. The Hall–Kier alpha value is -2.83. The van der Waals surface area contributed by atoms with Gasteiger partial charge in [-0.2, -0.15) is 0 Å². The summed E-state index contributed by atoms with van der Waals surface area (Å²) in [4.78, 5) is 17.5. The van der Waals surface area contributed by atoms with Gasteiger partial charge in [-0.1, -0.05) is 12.1 Å². The molecule has 1 unspecified atom stereocenters. The highest BCUT2D eigenvalue weighted by atomic mass is 16.5. The number of hydrogen-bond donors (Lipinski definition) is 2. The van der Waals surface area contributed by atoms with E-state index in [1.807, 2.05) is 18.3 Å². The number of ether oxygens (including phenoxy) is 2. The van der Waals surface area contributed by atoms with Crippen molar-refractivity contribution >= 4 is 16.9 Å². The molecule has 3 heterocycles. The van der Waals surface area contributed by atoms with Gasteiger partial charge in [-0.05, 0) is 74.9 Å². The number of nitrogens with zero attached hydrogens (tertiary/aromatic N) is 1. The molecule has 0 saturated carbocycles. The van der Waals surface area contributed by atoms with Crippen LogP contribution in [-0.2, 0) is 16.8 Å². The number of aromatic amines is 1. The molecule has 1 aromatic heterocycles. The maximum absolute atomic E-state index is 11.4. The van der Waals surface area contributed by atoms with Gasteiger partial charge in [-0.3, -0.25) is 4.90 Å². The summed E-state index contributed by atoms with van der Waals surface area (Å²) in [5, 5.41) is 10.6. The number of carbonyl (C=O) groups is 1. The largest absolute Gasteiger partial charge is 0.496 e. The van der Waals surface area contributed by atoms with Crippen molar-refractivity contribution in [1.29, 1.82) is 0 Å². The summed E-state index contributed by atoms with van der Waals surface area (Å²) >= 11 is 0. The van der Waals surface area contributed by atoms with Crippen molar-refractivity contribution in [1.82, 2.24) is 9.88 Å². The van der Waals surface area contributed by atoms with Gasteiger partial charge in [0.25, 0.3) is 0 Å². The van der Waals surface area contributed by atoms with E-state index in [-0.39, 0.29) is 11.6 Å². The van der Waals surface area contributed by atoms with Crippen LogP contribution in [0.15, 0.2) is 42.6 Å². The Labute approximate surface area is 194 Å². The highest BCUT2D eigenvalue weighted by Crippen LogP contribution is 2.52. The fraction of sp³-hybridized carbons (Fsp3) is 0.444. The molecular weight excluding hydrogens is 416 g/mol. The Morgan fingerprint density at radius 1 is 1.27 bits per heavy atom. The van der Waals surface area contributed by atoms with Crippen LogP contribution in [0.1, 0.15) is 59.7 Å². The molecule has 174 valence electrons. The van der Waals surface area contributed by atoms with Crippen LogP contribution >= 0.6 is 0 Å². The Morgan fingerprint density at radius 3 is 2.76 bits per heavy atom. The monoisotopic (exact) mass is 448 g/mol. The van der Waals surface area contributed by atoms with Gasteiger partial charge in [-0.15, -0.1) is 0 Å². The van der Waals surface area contributed by atoms with Gasteiger partial charge >= 0.3 is 5.97 Å². The topological polar surface area (TPSA) is 74.8 Å². The van der Waals surface area contributed by atoms with Crippen LogP contribution in [-0.4, -0.2) is 46.8 Å². The fourth-order valence-corrected chi connectivity index (χ4v) is 6.23. The van der Waals surface area contributed by atoms with Crippen LogP contribution < -0.4 is 4.74 Å². The van der Waals surface area contributed by atoms with Crippen molar-refractivity contribution in [2.75, 3.05) is 13.7 Å². The molecule has 0 spiro atoms. The van der Waals surface area contributed by atoms with Gasteiger partial charge in [0.1, 0.15) is 5.75 Å². The minimum atomic E-state index is -0.893. The summed E-state index contributed by atoms with van der Waals surface area (Å²) in [5.41, 5.74) is 4.85. The zero-order valence-corrected chi connectivity index (χ0v) is 19.6. The maximum Gasteiger partial charge on any atom is 0.335 e. The SMILES string of the molecule is CCO[C@H]1CC2CC[C@](c3ccc(C(=O)O)cc3)(C1)N2Cc1c(OC)cc(C)c2[nH]ccc12. The first-order valence-electron chi connectivity index (χ1n) is 11.8. The molecule has 0 radical (unpaired) electrons. The molecule has 2 N–H and O–H groups in total. The fourth-order valence-electron chi connectivity index (χ4n) is 6.23. The second kappa shape index (κ2) is 8.50. The van der Waals surface area contributed by atoms with E-state index >= 15 is 0 Å². The predicted molar refractivity (Wildman–Crippen MR) is 128 cm³/mol. The number of nitrogens with one attached hydrogen (secondary N) is 1. The van der Waals surface area contributed by atoms with Crippen LogP contribution in [0.25, 0.3) is 10.9 Å². The lowest BCUT2D eigenvalue weighted by Crippen LogP contribution is -2.52. The Bertz CT molecular complexity index is 1170. The van der Waals surface area contributed by atoms with E-state index in [2.05, 4.69) is 35.9 Å². The van der Waals surface area contributed by atoms with E-state index in [9.17, 15) is 9.90 Å². The average Bonchev–Trinajstić information content (AvgIpc) is 3.38. The molecule has 33 heavy (non-hydrogen) atoms. The first-order valence-corrected chi connectivity index (χ1v) is 11.8. The first kappa shape index (κ1) is 22.0. The van der Waals surface area contributed by atoms with Crippen molar-refractivity contribution in [3.05, 3.63) is 64.8 Å². The van der Waals surface area contributed by atoms with Gasteiger partial charge in [-0.25, -0.2) is 4.79 Å². The highest BCUT2D eigenvalue weighted by Gasteiger charge is 2.53. The third kappa shape index (κ3) is 3.62. The number of methoxy groups -OCH3 is 1. The first-order chi connectivity index (χ1) is 16.0. The minimum absolute atomic E-state index is 0.182. The summed E-state index contributed by atoms with van der Waals surface area (Å²) in [6, 6.07) is 12.2. The van der Waals surface area contributed by atoms with E-state index in [4.69, 9.17) is 9.47 Å². The molecule has 2 aliphatic heterocycles. The number of H-pyrrole nitrogens is 1. The third-order valence-electron chi connectivity index (χ3n) is 7.71. The van der Waals surface area contributed by atoms with Gasteiger partial charge in [0.2, 0.25) is 0 Å². The summed E-state index contributed by atoms with van der Waals surface area (Å²) < 4.78 is 12.0. The van der Waals surface area contributed by atoms with Crippen LogP contribution in [0.3, 0.4) is 0 Å². The van der Waals surface area contributed by atoms with Crippen molar-refractivity contribution < 1.29 is 19.4 Å². The summed E-state index contributed by atoms with van der Waals surface area (Å²) in [7, 11) is 1.74. The van der Waals surface area contributed by atoms with Crippen molar-refractivity contribution in [3.8, 4) is 5.75 Å². The quantitative estimate of drug-likeness (QED) is 0.517. The molecule has 0 amide bonds. The lowest BCUT2D eigenvalue weighted by atomic mass is 9.79. The number of carboxylic acids is 1. The van der Waals surface area contributed by atoms with E-state index in [0.29, 0.717) is 18.2 Å². The molecule has 3 atom stereocenters. The molecular formula is C27H32N2O4. The molecule has 2 aromatic carbocycles. The van der Waals surface area contributed by atoms with Crippen molar-refractivity contribution in [3.63, 3.8) is 0 Å². The molecule has 2 saturated heterocycles. The Morgan fingerprint density at radius 2 is 2.06 bits per heavy atom. The van der Waals surface area contributed by atoms with Gasteiger partial charge in [0.15, 0.2) is 0 Å². The second-order valence-electron chi connectivity index (χ2n) is 9.39. The van der Waals surface area contributed by atoms with E-state index in [1.54, 1.807) is 19.2 Å². The lowest BCUT2D eigenvalue weighted by molar-refractivity contribution is -0.0593. The van der Waals surface area contributed by atoms with Crippen LogP contribution in [0.4, 0.5) is 0 Å². The number of carboxylic acid groups (broad SMARTS) is 1. The average molecular weight is 449 g/mol. The van der Waals surface area contributed by atoms with Crippen molar-refractivity contribution in [2.45, 2.75) is 63.8 Å². The summed E-state index contributed by atoms with van der Waals surface area (Å²) in [5.74, 6) is 0.0255. The number of fused-ring (bicyclic) bond motifs is 3. The molecule has 6 heteroatoms. The molecule has 5 rings (SSSR count). The normalized spacial score (nSPS) is 24.9. The standard InChI is InChI=1S/C27H32N2O4/c1-4-33-21-14-20-9-11-27(15-21,19-7-5-18(6-8-19)26(30)31)29(20)16-23-22-10-12-28-25(22)17(2)13-24(23)32-3/h5-8,10,12-13,20-21,28H,4,9,11,14-16H2,1-3H3,(H,30,31)/t20?,21-,27+/m0/s1. The van der Waals surface area contributed by atoms with Crippen LogP contribution in [0, 0.1) is 6.92 Å². The predicted octanol–water partition coefficient (Wildman–Crippen LogP) is 5.24. The third-order valence-corrected chi connectivity index (χ3v) is 7.71. The summed E-state index contributed by atoms with van der Waals surface area (Å²) in [6.45, 7) is 5.65. The molecule has 2 aliphatic rings. The molecule has 6 nitrogen and oxygen atoms in total. The van der Waals surface area contributed by atoms with Crippen LogP contribution in [0.5, 0.6) is 5.75 Å². The molecule has 2 fully saturated rings. The molecule has 2 bridgehead atoms. The lowest BCUT2D eigenvalue weighted by Gasteiger charge is -2.48. The minimum Gasteiger partial charge on any atom is -0.496 e. The maximum atomic E-state index is 11.4. The van der Waals surface area contributed by atoms with Gasteiger partial charge in [0, 0.05) is 47.4 Å². The zero-order valence-electron chi connectivity index (χ0n) is 19.6. The smallest absolute Gasteiger partial charge is 0.335 e. The van der Waals surface area contributed by atoms with E-state index in [1.165, 1.54) is 22.1 Å². The van der Waals surface area contributed by atoms with Gasteiger partial charge < -0.3 is 19.6 Å². The number of aromatic carboxylic acids is 1. The molecule has 3 aromatic rings.